The van der Waals surface area contributed by atoms with Crippen LogP contribution in [0.15, 0.2) is 0 Å². The number of carbonyl (C=O) groups is 1. The first-order valence-electron chi connectivity index (χ1n) is 6.25. The predicted molar refractivity (Wildman–Crippen MR) is 63.9 cm³/mol. The van der Waals surface area contributed by atoms with Gasteiger partial charge in [-0.2, -0.15) is 0 Å². The fourth-order valence-electron chi connectivity index (χ4n) is 1.99. The number of aliphatic hydroxyl groups is 8. The van der Waals surface area contributed by atoms with Gasteiger partial charge in [0.1, 0.15) is 48.8 Å². The van der Waals surface area contributed by atoms with Crippen LogP contribution < -0.4 is 0 Å². The van der Waals surface area contributed by atoms with Crippen LogP contribution in [-0.2, 0) is 9.53 Å². The molecular formula is C11H20O10. The van der Waals surface area contributed by atoms with Gasteiger partial charge in [-0.15, -0.1) is 0 Å². The maximum atomic E-state index is 11.9. The lowest BCUT2D eigenvalue weighted by atomic mass is 9.95. The summed E-state index contributed by atoms with van der Waals surface area (Å²) in [6.45, 7) is -1.58. The zero-order chi connectivity index (χ0) is 16.3. The first kappa shape index (κ1) is 18.4. The van der Waals surface area contributed by atoms with E-state index in [4.69, 9.17) is 20.1 Å². The molecule has 124 valence electrons. The number of Topliss-reactive ketones (excluding diaryl/α,β-unsaturated/α-hetero) is 1. The van der Waals surface area contributed by atoms with E-state index in [1.807, 2.05) is 0 Å². The molecule has 10 nitrogen and oxygen atoms in total. The van der Waals surface area contributed by atoms with Gasteiger partial charge in [0, 0.05) is 0 Å². The monoisotopic (exact) mass is 312 g/mol. The third-order valence-electron chi connectivity index (χ3n) is 3.37. The van der Waals surface area contributed by atoms with Crippen molar-refractivity contribution in [3.8, 4) is 0 Å². The number of hydrogen-bond donors (Lipinski definition) is 8. The molecule has 1 unspecified atom stereocenters. The summed E-state index contributed by atoms with van der Waals surface area (Å²) < 4.78 is 4.87. The standard InChI is InChI=1S/C11H20O10/c12-1-3(14)5(15)7(17)8(18)10(20)11-9(19)6(16)4(2-13)21-11/h3-9,11-19H,1-2H2/t3-,4-,5+,6-,7+,8-,9+,11?/m1/s1. The Bertz CT molecular complexity index is 350. The van der Waals surface area contributed by atoms with Crippen molar-refractivity contribution in [1.29, 1.82) is 0 Å². The minimum Gasteiger partial charge on any atom is -0.394 e. The summed E-state index contributed by atoms with van der Waals surface area (Å²) in [4.78, 5) is 11.9. The van der Waals surface area contributed by atoms with E-state index >= 15 is 0 Å². The first-order chi connectivity index (χ1) is 9.76. The lowest BCUT2D eigenvalue weighted by molar-refractivity contribution is -0.159. The third-order valence-corrected chi connectivity index (χ3v) is 3.37. The van der Waals surface area contributed by atoms with Gasteiger partial charge in [-0.05, 0) is 0 Å². The summed E-state index contributed by atoms with van der Waals surface area (Å²) in [5.41, 5.74) is 0. The van der Waals surface area contributed by atoms with Gasteiger partial charge in [0.05, 0.1) is 13.2 Å². The topological polar surface area (TPSA) is 188 Å². The Morgan fingerprint density at radius 3 is 2.00 bits per heavy atom. The Labute approximate surface area is 119 Å². The number of ketones is 1. The molecule has 0 spiro atoms. The number of aliphatic hydroxyl groups excluding tert-OH is 8. The largest absolute Gasteiger partial charge is 0.394 e. The van der Waals surface area contributed by atoms with Gasteiger partial charge in [-0.3, -0.25) is 4.79 Å². The van der Waals surface area contributed by atoms with Crippen molar-refractivity contribution in [2.75, 3.05) is 13.2 Å². The molecule has 0 radical (unpaired) electrons. The van der Waals surface area contributed by atoms with Crippen LogP contribution in [0.25, 0.3) is 0 Å². The highest BCUT2D eigenvalue weighted by Gasteiger charge is 2.49. The Kier molecular flexibility index (Phi) is 6.59. The predicted octanol–water partition coefficient (Wildman–Crippen LogP) is -5.53. The zero-order valence-electron chi connectivity index (χ0n) is 10.9. The Morgan fingerprint density at radius 1 is 1.00 bits per heavy atom. The lowest BCUT2D eigenvalue weighted by Crippen LogP contribution is -2.52. The highest BCUT2D eigenvalue weighted by atomic mass is 16.6. The lowest BCUT2D eigenvalue weighted by Gasteiger charge is -2.26. The van der Waals surface area contributed by atoms with Crippen molar-refractivity contribution in [2.24, 2.45) is 0 Å². The Morgan fingerprint density at radius 2 is 1.57 bits per heavy atom. The van der Waals surface area contributed by atoms with E-state index in [2.05, 4.69) is 0 Å². The smallest absolute Gasteiger partial charge is 0.195 e. The second kappa shape index (κ2) is 7.54. The van der Waals surface area contributed by atoms with E-state index in [0.717, 1.165) is 0 Å². The van der Waals surface area contributed by atoms with Gasteiger partial charge in [0.25, 0.3) is 0 Å². The molecule has 1 fully saturated rings. The maximum Gasteiger partial charge on any atom is 0.195 e. The molecule has 8 N–H and O–H groups in total. The van der Waals surface area contributed by atoms with Crippen molar-refractivity contribution in [3.63, 3.8) is 0 Å². The van der Waals surface area contributed by atoms with Crippen molar-refractivity contribution < 1.29 is 50.4 Å². The summed E-state index contributed by atoms with van der Waals surface area (Å²) in [6, 6.07) is 0. The number of hydrogen-bond acceptors (Lipinski definition) is 10. The summed E-state index contributed by atoms with van der Waals surface area (Å²) in [7, 11) is 0. The highest BCUT2D eigenvalue weighted by molar-refractivity contribution is 5.88. The van der Waals surface area contributed by atoms with Crippen molar-refractivity contribution >= 4 is 5.78 Å². The molecule has 1 rings (SSSR count). The quantitative estimate of drug-likeness (QED) is 0.225. The average Bonchev–Trinajstić information content (AvgIpc) is 2.78. The van der Waals surface area contributed by atoms with Crippen molar-refractivity contribution in [3.05, 3.63) is 0 Å². The molecule has 0 bridgehead atoms. The van der Waals surface area contributed by atoms with Crippen LogP contribution in [0.1, 0.15) is 0 Å². The molecule has 8 atom stereocenters. The second-order valence-corrected chi connectivity index (χ2v) is 4.84. The van der Waals surface area contributed by atoms with Gasteiger partial charge in [0.15, 0.2) is 5.78 Å². The molecule has 21 heavy (non-hydrogen) atoms. The van der Waals surface area contributed by atoms with Crippen LogP contribution in [0, 0.1) is 0 Å². The highest BCUT2D eigenvalue weighted by Crippen LogP contribution is 2.23. The average molecular weight is 312 g/mol. The molecule has 0 aromatic heterocycles. The van der Waals surface area contributed by atoms with Crippen LogP contribution in [0.3, 0.4) is 0 Å². The minimum absolute atomic E-state index is 0.674. The van der Waals surface area contributed by atoms with Crippen LogP contribution in [0.4, 0.5) is 0 Å². The van der Waals surface area contributed by atoms with Gasteiger partial charge in [-0.1, -0.05) is 0 Å². The van der Waals surface area contributed by atoms with Crippen LogP contribution in [0.5, 0.6) is 0 Å². The van der Waals surface area contributed by atoms with E-state index in [-0.39, 0.29) is 0 Å². The number of rotatable bonds is 7. The molecule has 1 saturated heterocycles. The Balaban J connectivity index is 2.74. The molecule has 0 amide bonds. The van der Waals surface area contributed by atoms with Crippen molar-refractivity contribution in [2.45, 2.75) is 48.8 Å². The molecule has 0 aromatic carbocycles. The van der Waals surface area contributed by atoms with Gasteiger partial charge in [-0.25, -0.2) is 0 Å². The maximum absolute atomic E-state index is 11.9. The van der Waals surface area contributed by atoms with Crippen LogP contribution in [0.2, 0.25) is 0 Å². The molecule has 10 heteroatoms. The summed E-state index contributed by atoms with van der Waals surface area (Å²) in [5.74, 6) is -1.24. The van der Waals surface area contributed by atoms with E-state index < -0.39 is 67.8 Å². The number of ether oxygens (including phenoxy) is 1. The molecule has 1 aliphatic rings. The van der Waals surface area contributed by atoms with Crippen LogP contribution >= 0.6 is 0 Å². The number of carbonyl (C=O) groups excluding carboxylic acids is 1. The van der Waals surface area contributed by atoms with Crippen molar-refractivity contribution in [1.82, 2.24) is 0 Å². The molecule has 1 heterocycles. The van der Waals surface area contributed by atoms with E-state index in [0.29, 0.717) is 0 Å². The SMILES string of the molecule is O=C(C1O[C@H](CO)[C@@H](O)[C@@H]1O)[C@H](O)[C@@H](O)[C@@H](O)[C@H](O)CO. The molecule has 0 saturated carbocycles. The van der Waals surface area contributed by atoms with Gasteiger partial charge < -0.3 is 45.6 Å². The minimum atomic E-state index is -2.23. The zero-order valence-corrected chi connectivity index (χ0v) is 10.9. The fraction of sp³-hybridized carbons (Fsp3) is 0.909. The fourth-order valence-corrected chi connectivity index (χ4v) is 1.99. The van der Waals surface area contributed by atoms with E-state index in [9.17, 15) is 30.3 Å². The molecule has 1 aliphatic heterocycles. The van der Waals surface area contributed by atoms with Crippen LogP contribution in [-0.4, -0.2) is 109 Å². The summed E-state index contributed by atoms with van der Waals surface area (Å²) in [5, 5.41) is 74.3. The molecule has 0 aromatic rings. The first-order valence-corrected chi connectivity index (χ1v) is 6.25. The summed E-state index contributed by atoms with van der Waals surface area (Å²) >= 11 is 0. The third kappa shape index (κ3) is 3.74. The summed E-state index contributed by atoms with van der Waals surface area (Å²) in [6.07, 6.45) is -14.4. The second-order valence-electron chi connectivity index (χ2n) is 4.84. The normalized spacial score (nSPS) is 35.2. The van der Waals surface area contributed by atoms with Gasteiger partial charge in [0.2, 0.25) is 0 Å². The van der Waals surface area contributed by atoms with Gasteiger partial charge >= 0.3 is 0 Å². The molecule has 0 aliphatic carbocycles. The molecular weight excluding hydrogens is 292 g/mol. The van der Waals surface area contributed by atoms with E-state index in [1.165, 1.54) is 0 Å². The Hall–Kier alpha value is -0.690. The van der Waals surface area contributed by atoms with E-state index in [1.54, 1.807) is 0 Å².